The van der Waals surface area contributed by atoms with Crippen LogP contribution in [0.3, 0.4) is 0 Å². The van der Waals surface area contributed by atoms with E-state index in [1.807, 2.05) is 132 Å². The Labute approximate surface area is 351 Å². The first kappa shape index (κ1) is 39.4. The van der Waals surface area contributed by atoms with Gasteiger partial charge < -0.3 is 24.4 Å². The van der Waals surface area contributed by atoms with Gasteiger partial charge in [0.05, 0.1) is 57.8 Å². The highest BCUT2D eigenvalue weighted by atomic mass is 28.3. The average molecular weight is 816 g/mol. The molecule has 0 unspecified atom stereocenters. The lowest BCUT2D eigenvalue weighted by Gasteiger charge is -2.37. The first-order valence-corrected chi connectivity index (χ1v) is 23.8. The van der Waals surface area contributed by atoms with Crippen molar-refractivity contribution >= 4 is 58.8 Å². The molecule has 10 heteroatoms. The SMILES string of the molecule is COc1ccc([Si](C)(C)[C@H]2[C@H](CC(=O)N(CCO)Cc3ccccc3)O[C@@]3(C(=O)N(Cc4cccc(N5C(=O)c6cccc7cccc5c67)c4)c4ccccc43)[C@@H]2C)cc1. The third-order valence-electron chi connectivity index (χ3n) is 13.1. The molecule has 1 N–H and O–H groups in total. The van der Waals surface area contributed by atoms with Gasteiger partial charge in [-0.25, -0.2) is 0 Å². The number of hydrogen-bond donors (Lipinski definition) is 1. The summed E-state index contributed by atoms with van der Waals surface area (Å²) in [5, 5.41) is 13.2. The van der Waals surface area contributed by atoms with Crippen molar-refractivity contribution in [1.29, 1.82) is 0 Å². The van der Waals surface area contributed by atoms with Crippen LogP contribution in [0.1, 0.15) is 40.4 Å². The maximum atomic E-state index is 15.5. The number of anilines is 3. The van der Waals surface area contributed by atoms with Crippen LogP contribution in [0.5, 0.6) is 5.75 Å². The Balaban J connectivity index is 1.07. The number of benzene rings is 6. The Hall–Kier alpha value is -6.07. The molecule has 9 nitrogen and oxygen atoms in total. The molecule has 3 aliphatic rings. The second-order valence-corrected chi connectivity index (χ2v) is 21.5. The van der Waals surface area contributed by atoms with Crippen LogP contribution in [0.2, 0.25) is 18.6 Å². The second kappa shape index (κ2) is 15.5. The van der Waals surface area contributed by atoms with E-state index >= 15 is 4.79 Å². The van der Waals surface area contributed by atoms with Crippen LogP contribution in [0.15, 0.2) is 140 Å². The number of nitrogens with zero attached hydrogens (tertiary/aromatic N) is 3. The van der Waals surface area contributed by atoms with Crippen LogP contribution in [0.4, 0.5) is 17.1 Å². The average Bonchev–Trinajstić information content (AvgIpc) is 3.82. The number of rotatable bonds is 12. The summed E-state index contributed by atoms with van der Waals surface area (Å²) < 4.78 is 12.8. The Morgan fingerprint density at radius 2 is 1.52 bits per heavy atom. The van der Waals surface area contributed by atoms with Crippen molar-refractivity contribution in [3.8, 4) is 5.75 Å². The van der Waals surface area contributed by atoms with Crippen LogP contribution < -0.4 is 19.7 Å². The molecule has 0 aliphatic carbocycles. The van der Waals surface area contributed by atoms with Gasteiger partial charge in [0.1, 0.15) is 5.75 Å². The molecular formula is C50H49N3O6Si. The van der Waals surface area contributed by atoms with Crippen LogP contribution >= 0.6 is 0 Å². The van der Waals surface area contributed by atoms with Gasteiger partial charge in [0.15, 0.2) is 5.60 Å². The summed E-state index contributed by atoms with van der Waals surface area (Å²) in [6.07, 6.45) is -0.522. The molecule has 0 aromatic heterocycles. The van der Waals surface area contributed by atoms with E-state index in [0.29, 0.717) is 12.1 Å². The van der Waals surface area contributed by atoms with Crippen LogP contribution in [-0.4, -0.2) is 62.2 Å². The van der Waals surface area contributed by atoms with Crippen molar-refractivity contribution < 1.29 is 29.0 Å². The van der Waals surface area contributed by atoms with E-state index in [4.69, 9.17) is 9.47 Å². The van der Waals surface area contributed by atoms with Crippen molar-refractivity contribution in [3.63, 3.8) is 0 Å². The van der Waals surface area contributed by atoms with Gasteiger partial charge in [0.2, 0.25) is 5.91 Å². The fourth-order valence-electron chi connectivity index (χ4n) is 10.3. The lowest BCUT2D eigenvalue weighted by Crippen LogP contribution is -2.52. The number of ether oxygens (including phenoxy) is 2. The number of hydrogen-bond acceptors (Lipinski definition) is 6. The molecule has 304 valence electrons. The second-order valence-electron chi connectivity index (χ2n) is 16.8. The van der Waals surface area contributed by atoms with Gasteiger partial charge in [-0.05, 0) is 64.5 Å². The van der Waals surface area contributed by atoms with Crippen LogP contribution in [0.25, 0.3) is 10.8 Å². The predicted octanol–water partition coefficient (Wildman–Crippen LogP) is 8.31. The lowest BCUT2D eigenvalue weighted by atomic mass is 9.82. The number of aliphatic hydroxyl groups excluding tert-OH is 1. The van der Waals surface area contributed by atoms with Crippen molar-refractivity contribution in [3.05, 3.63) is 162 Å². The fourth-order valence-corrected chi connectivity index (χ4v) is 14.3. The third kappa shape index (κ3) is 6.41. The minimum atomic E-state index is -2.53. The van der Waals surface area contributed by atoms with Crippen molar-refractivity contribution in [2.75, 3.05) is 30.1 Å². The fraction of sp³-hybridized carbons (Fsp3) is 0.260. The predicted molar refractivity (Wildman–Crippen MR) is 238 cm³/mol. The molecule has 1 fully saturated rings. The molecule has 6 aromatic rings. The topological polar surface area (TPSA) is 99.6 Å². The summed E-state index contributed by atoms with van der Waals surface area (Å²) in [5.74, 6) is 0.0923. The van der Waals surface area contributed by atoms with Crippen molar-refractivity contribution in [2.45, 2.75) is 56.8 Å². The number of carbonyl (C=O) groups is 3. The molecule has 1 saturated heterocycles. The zero-order valence-corrected chi connectivity index (χ0v) is 35.4. The van der Waals surface area contributed by atoms with Gasteiger partial charge in [0.25, 0.3) is 11.8 Å². The maximum Gasteiger partial charge on any atom is 0.264 e. The van der Waals surface area contributed by atoms with Crippen molar-refractivity contribution in [2.24, 2.45) is 5.92 Å². The third-order valence-corrected chi connectivity index (χ3v) is 17.5. The number of amides is 3. The summed E-state index contributed by atoms with van der Waals surface area (Å²) in [7, 11) is -0.875. The molecule has 60 heavy (non-hydrogen) atoms. The molecule has 3 amide bonds. The number of fused-ring (bicyclic) bond motifs is 2. The molecule has 6 aromatic carbocycles. The van der Waals surface area contributed by atoms with Gasteiger partial charge in [-0.3, -0.25) is 19.3 Å². The molecule has 3 aliphatic heterocycles. The summed E-state index contributed by atoms with van der Waals surface area (Å²) >= 11 is 0. The van der Waals surface area contributed by atoms with Crippen LogP contribution in [-0.2, 0) is 33.0 Å². The maximum absolute atomic E-state index is 15.5. The minimum Gasteiger partial charge on any atom is -0.497 e. The molecule has 0 radical (unpaired) electrons. The Kier molecular flexibility index (Phi) is 10.2. The highest BCUT2D eigenvalue weighted by molar-refractivity contribution is 6.91. The molecule has 9 rings (SSSR count). The number of carbonyl (C=O) groups excluding carboxylic acids is 3. The molecule has 0 saturated carbocycles. The Morgan fingerprint density at radius 1 is 0.833 bits per heavy atom. The normalized spacial score (nSPS) is 20.6. The number of aliphatic hydroxyl groups is 1. The van der Waals surface area contributed by atoms with Crippen LogP contribution in [0, 0.1) is 5.92 Å². The van der Waals surface area contributed by atoms with Gasteiger partial charge in [-0.15, -0.1) is 0 Å². The summed E-state index contributed by atoms with van der Waals surface area (Å²) in [6.45, 7) is 7.36. The molecule has 4 atom stereocenters. The van der Waals surface area contributed by atoms with Crippen molar-refractivity contribution in [1.82, 2.24) is 4.90 Å². The standard InChI is InChI=1S/C50H49N3O6Si/c1-33-47(60(3,4)39-25-23-38(58-2)24-26-39)44(30-45(55)51(27-28-54)31-34-13-6-5-7-14-34)59-50(33)41-20-8-9-21-42(41)52(49(50)57)32-35-15-10-18-37(29-35)53-43-22-12-17-36-16-11-19-40(46(36)43)48(53)56/h5-26,29,33,44,47,54H,27-28,30-32H2,1-4H3/t33-,44+,47-,50+/m1/s1. The first-order chi connectivity index (χ1) is 29.1. The quantitative estimate of drug-likeness (QED) is 0.125. The number of para-hydroxylation sites is 1. The summed E-state index contributed by atoms with van der Waals surface area (Å²) in [4.78, 5) is 49.1. The summed E-state index contributed by atoms with van der Waals surface area (Å²) in [6, 6.07) is 45.5. The molecular weight excluding hydrogens is 767 g/mol. The van der Waals surface area contributed by atoms with E-state index in [9.17, 15) is 14.7 Å². The molecule has 3 heterocycles. The lowest BCUT2D eigenvalue weighted by molar-refractivity contribution is -0.150. The summed E-state index contributed by atoms with van der Waals surface area (Å²) in [5.41, 5.74) is 4.17. The van der Waals surface area contributed by atoms with E-state index in [0.717, 1.165) is 50.3 Å². The zero-order chi connectivity index (χ0) is 41.8. The smallest absolute Gasteiger partial charge is 0.264 e. The molecule has 0 bridgehead atoms. The van der Waals surface area contributed by atoms with Gasteiger partial charge in [0, 0.05) is 35.6 Å². The largest absolute Gasteiger partial charge is 0.497 e. The van der Waals surface area contributed by atoms with E-state index in [-0.39, 0.29) is 55.3 Å². The van der Waals surface area contributed by atoms with E-state index in [1.165, 1.54) is 5.19 Å². The minimum absolute atomic E-state index is 0.0622. The molecule has 1 spiro atoms. The Morgan fingerprint density at radius 3 is 2.27 bits per heavy atom. The highest BCUT2D eigenvalue weighted by Gasteiger charge is 2.66. The monoisotopic (exact) mass is 815 g/mol. The van der Waals surface area contributed by atoms with E-state index in [1.54, 1.807) is 16.9 Å². The first-order valence-electron chi connectivity index (χ1n) is 20.7. The van der Waals surface area contributed by atoms with Gasteiger partial charge >= 0.3 is 0 Å². The highest BCUT2D eigenvalue weighted by Crippen LogP contribution is 2.60. The van der Waals surface area contributed by atoms with E-state index < -0.39 is 19.8 Å². The zero-order valence-electron chi connectivity index (χ0n) is 34.4. The van der Waals surface area contributed by atoms with E-state index in [2.05, 4.69) is 32.2 Å². The number of methoxy groups -OCH3 is 1. The Bertz CT molecular complexity index is 2610. The van der Waals surface area contributed by atoms with Gasteiger partial charge in [-0.2, -0.15) is 0 Å². The van der Waals surface area contributed by atoms with Gasteiger partial charge in [-0.1, -0.05) is 122 Å².